The highest BCUT2D eigenvalue weighted by Crippen LogP contribution is 2.24. The van der Waals surface area contributed by atoms with E-state index in [2.05, 4.69) is 20.0 Å². The number of nitrogens with zero attached hydrogens (tertiary/aromatic N) is 1. The molecule has 0 aliphatic rings. The Labute approximate surface area is 191 Å². The third-order valence-corrected chi connectivity index (χ3v) is 6.54. The van der Waals surface area contributed by atoms with Gasteiger partial charge in [-0.25, -0.2) is 17.8 Å². The highest BCUT2D eigenvalue weighted by Gasteiger charge is 2.24. The summed E-state index contributed by atoms with van der Waals surface area (Å²) in [6.45, 7) is 3.91. The molecule has 0 spiro atoms. The minimum atomic E-state index is -4.09. The summed E-state index contributed by atoms with van der Waals surface area (Å²) >= 11 is 0. The van der Waals surface area contributed by atoms with E-state index in [1.54, 1.807) is 0 Å². The van der Waals surface area contributed by atoms with Gasteiger partial charge in [-0.05, 0) is 48.4 Å². The summed E-state index contributed by atoms with van der Waals surface area (Å²) in [4.78, 5) is 20.7. The van der Waals surface area contributed by atoms with Gasteiger partial charge in [0.15, 0.2) is 0 Å². The van der Waals surface area contributed by atoms with E-state index in [1.807, 2.05) is 38.1 Å². The number of fused-ring (bicyclic) bond motifs is 1. The summed E-state index contributed by atoms with van der Waals surface area (Å²) < 4.78 is 41.6. The number of hydrogen-bond donors (Lipinski definition) is 3. The second kappa shape index (κ2) is 9.03. The van der Waals surface area contributed by atoms with Crippen molar-refractivity contribution in [3.05, 3.63) is 90.0 Å². The molecular formula is C24H23FN4O3S. The third kappa shape index (κ3) is 4.88. The standard InChI is InChI=1S/C24H23FN4O3S/c1-15(2)22(23-26-20-12-5-6-13-21(20)27-23)28-24(30)16-8-7-9-17(14-16)33(31,32)29-19-11-4-3-10-18(19)25/h3-15,22,29H,1-2H3,(H,26,27)(H,28,30). The predicted molar refractivity (Wildman–Crippen MR) is 125 cm³/mol. The van der Waals surface area contributed by atoms with Crippen LogP contribution < -0.4 is 10.0 Å². The Hall–Kier alpha value is -3.72. The lowest BCUT2D eigenvalue weighted by Crippen LogP contribution is -2.32. The zero-order valence-corrected chi connectivity index (χ0v) is 18.9. The van der Waals surface area contributed by atoms with Crippen molar-refractivity contribution in [2.24, 2.45) is 5.92 Å². The number of imidazole rings is 1. The van der Waals surface area contributed by atoms with Gasteiger partial charge in [0.2, 0.25) is 0 Å². The van der Waals surface area contributed by atoms with Crippen LogP contribution in [0.25, 0.3) is 11.0 Å². The Morgan fingerprint density at radius 1 is 1.00 bits per heavy atom. The maximum absolute atomic E-state index is 13.9. The number of halogens is 1. The topological polar surface area (TPSA) is 104 Å². The molecule has 0 bridgehead atoms. The molecule has 0 saturated heterocycles. The Morgan fingerprint density at radius 3 is 2.45 bits per heavy atom. The molecule has 0 saturated carbocycles. The van der Waals surface area contributed by atoms with Crippen molar-refractivity contribution < 1.29 is 17.6 Å². The average Bonchev–Trinajstić information content (AvgIpc) is 3.22. The second-order valence-corrected chi connectivity index (χ2v) is 9.63. The molecular weight excluding hydrogens is 443 g/mol. The molecule has 0 radical (unpaired) electrons. The molecule has 1 heterocycles. The fraction of sp³-hybridized carbons (Fsp3) is 0.167. The minimum Gasteiger partial charge on any atom is -0.342 e. The molecule has 170 valence electrons. The number of carbonyl (C=O) groups excluding carboxylic acids is 1. The van der Waals surface area contributed by atoms with Crippen molar-refractivity contribution in [2.45, 2.75) is 24.8 Å². The first kappa shape index (κ1) is 22.5. The van der Waals surface area contributed by atoms with Gasteiger partial charge in [0.1, 0.15) is 11.6 Å². The molecule has 0 aliphatic carbocycles. The van der Waals surface area contributed by atoms with E-state index in [0.29, 0.717) is 5.82 Å². The van der Waals surface area contributed by atoms with Crippen LogP contribution in [-0.2, 0) is 10.0 Å². The van der Waals surface area contributed by atoms with Crippen LogP contribution >= 0.6 is 0 Å². The van der Waals surface area contributed by atoms with Crippen LogP contribution in [0.1, 0.15) is 36.1 Å². The molecule has 3 N–H and O–H groups in total. The smallest absolute Gasteiger partial charge is 0.262 e. The Kier molecular flexibility index (Phi) is 6.15. The van der Waals surface area contributed by atoms with E-state index in [0.717, 1.165) is 17.1 Å². The van der Waals surface area contributed by atoms with Crippen LogP contribution in [0.15, 0.2) is 77.7 Å². The molecule has 1 aromatic heterocycles. The summed E-state index contributed by atoms with van der Waals surface area (Å²) in [7, 11) is -4.09. The average molecular weight is 467 g/mol. The number of benzene rings is 3. The van der Waals surface area contributed by atoms with Gasteiger partial charge in [-0.3, -0.25) is 9.52 Å². The predicted octanol–water partition coefficient (Wildman–Crippen LogP) is 4.63. The van der Waals surface area contributed by atoms with E-state index >= 15 is 0 Å². The normalized spacial score (nSPS) is 12.6. The van der Waals surface area contributed by atoms with Gasteiger partial charge in [0, 0.05) is 5.56 Å². The molecule has 33 heavy (non-hydrogen) atoms. The van der Waals surface area contributed by atoms with E-state index in [4.69, 9.17) is 0 Å². The maximum atomic E-state index is 13.9. The number of carbonyl (C=O) groups is 1. The van der Waals surface area contributed by atoms with E-state index < -0.39 is 27.8 Å². The molecule has 3 aromatic carbocycles. The van der Waals surface area contributed by atoms with Crippen LogP contribution in [0.5, 0.6) is 0 Å². The molecule has 9 heteroatoms. The fourth-order valence-corrected chi connectivity index (χ4v) is 4.56. The molecule has 0 aliphatic heterocycles. The number of anilines is 1. The molecule has 1 unspecified atom stereocenters. The molecule has 7 nitrogen and oxygen atoms in total. The third-order valence-electron chi connectivity index (χ3n) is 5.18. The zero-order valence-electron chi connectivity index (χ0n) is 18.0. The van der Waals surface area contributed by atoms with E-state index in [9.17, 15) is 17.6 Å². The molecule has 0 fully saturated rings. The first-order chi connectivity index (χ1) is 15.7. The lowest BCUT2D eigenvalue weighted by atomic mass is 10.0. The SMILES string of the molecule is CC(C)C(NC(=O)c1cccc(S(=O)(=O)Nc2ccccc2F)c1)c1nc2ccccc2[nH]1. The van der Waals surface area contributed by atoms with Crippen LogP contribution in [0.3, 0.4) is 0 Å². The van der Waals surface area contributed by atoms with Crippen molar-refractivity contribution in [1.29, 1.82) is 0 Å². The molecule has 4 rings (SSSR count). The maximum Gasteiger partial charge on any atom is 0.262 e. The number of sulfonamides is 1. The van der Waals surface area contributed by atoms with Crippen molar-refractivity contribution >= 4 is 32.7 Å². The van der Waals surface area contributed by atoms with Gasteiger partial charge < -0.3 is 10.3 Å². The van der Waals surface area contributed by atoms with Gasteiger partial charge in [-0.1, -0.05) is 44.2 Å². The highest BCUT2D eigenvalue weighted by molar-refractivity contribution is 7.92. The van der Waals surface area contributed by atoms with Crippen LogP contribution in [-0.4, -0.2) is 24.3 Å². The van der Waals surface area contributed by atoms with Gasteiger partial charge in [-0.15, -0.1) is 0 Å². The molecule has 1 amide bonds. The fourth-order valence-electron chi connectivity index (χ4n) is 3.45. The summed E-state index contributed by atoms with van der Waals surface area (Å²) in [6, 6.07) is 18.2. The number of para-hydroxylation sites is 3. The van der Waals surface area contributed by atoms with Crippen LogP contribution in [0, 0.1) is 11.7 Å². The number of amides is 1. The molecule has 4 aromatic rings. The summed E-state index contributed by atoms with van der Waals surface area (Å²) in [6.07, 6.45) is 0. The minimum absolute atomic E-state index is 0.0177. The van der Waals surface area contributed by atoms with Crippen molar-refractivity contribution in [3.63, 3.8) is 0 Å². The largest absolute Gasteiger partial charge is 0.342 e. The first-order valence-electron chi connectivity index (χ1n) is 10.4. The van der Waals surface area contributed by atoms with Gasteiger partial charge >= 0.3 is 0 Å². The zero-order chi connectivity index (χ0) is 23.6. The van der Waals surface area contributed by atoms with Gasteiger partial charge in [0.05, 0.1) is 27.7 Å². The molecule has 1 atom stereocenters. The van der Waals surface area contributed by atoms with Gasteiger partial charge in [-0.2, -0.15) is 0 Å². The Bertz CT molecular complexity index is 1380. The monoisotopic (exact) mass is 466 g/mol. The van der Waals surface area contributed by atoms with E-state index in [1.165, 1.54) is 42.5 Å². The van der Waals surface area contributed by atoms with Gasteiger partial charge in [0.25, 0.3) is 15.9 Å². The van der Waals surface area contributed by atoms with Crippen molar-refractivity contribution in [1.82, 2.24) is 15.3 Å². The highest BCUT2D eigenvalue weighted by atomic mass is 32.2. The number of hydrogen-bond acceptors (Lipinski definition) is 4. The Balaban J connectivity index is 1.58. The van der Waals surface area contributed by atoms with Crippen molar-refractivity contribution in [3.8, 4) is 0 Å². The summed E-state index contributed by atoms with van der Waals surface area (Å²) in [5, 5.41) is 2.94. The lowest BCUT2D eigenvalue weighted by Gasteiger charge is -2.20. The number of aromatic nitrogens is 2. The number of aromatic amines is 1. The Morgan fingerprint density at radius 2 is 1.73 bits per heavy atom. The van der Waals surface area contributed by atoms with Crippen LogP contribution in [0.2, 0.25) is 0 Å². The quantitative estimate of drug-likeness (QED) is 0.369. The van der Waals surface area contributed by atoms with Crippen LogP contribution in [0.4, 0.5) is 10.1 Å². The summed E-state index contributed by atoms with van der Waals surface area (Å²) in [5.74, 6) is -0.508. The number of rotatable bonds is 7. The number of nitrogens with one attached hydrogen (secondary N) is 3. The first-order valence-corrected chi connectivity index (χ1v) is 11.9. The number of H-pyrrole nitrogens is 1. The summed E-state index contributed by atoms with van der Waals surface area (Å²) in [5.41, 5.74) is 1.64. The lowest BCUT2D eigenvalue weighted by molar-refractivity contribution is 0.0923. The van der Waals surface area contributed by atoms with E-state index in [-0.39, 0.29) is 22.1 Å². The second-order valence-electron chi connectivity index (χ2n) is 7.95. The van der Waals surface area contributed by atoms with Crippen molar-refractivity contribution in [2.75, 3.05) is 4.72 Å².